The molecule has 1 rings (SSSR count). The van der Waals surface area contributed by atoms with E-state index in [9.17, 15) is 9.59 Å². The van der Waals surface area contributed by atoms with Crippen LogP contribution in [0.5, 0.6) is 0 Å². The highest BCUT2D eigenvalue weighted by atomic mass is 32.2. The van der Waals surface area contributed by atoms with Crippen molar-refractivity contribution in [2.75, 3.05) is 17.2 Å². The van der Waals surface area contributed by atoms with Crippen LogP contribution in [0.15, 0.2) is 5.38 Å². The molecule has 5 nitrogen and oxygen atoms in total. The van der Waals surface area contributed by atoms with Crippen LogP contribution in [0.2, 0.25) is 0 Å². The monoisotopic (exact) mass is 302 g/mol. The van der Waals surface area contributed by atoms with Gasteiger partial charge in [-0.2, -0.15) is 11.8 Å². The summed E-state index contributed by atoms with van der Waals surface area (Å²) < 4.78 is 0. The van der Waals surface area contributed by atoms with E-state index in [1.807, 2.05) is 12.3 Å². The summed E-state index contributed by atoms with van der Waals surface area (Å²) in [7, 11) is 0. The third kappa shape index (κ3) is 4.83. The number of carboxylic acid groups (broad SMARTS) is 1. The molecule has 1 N–H and O–H groups in total. The molecule has 0 aromatic carbocycles. The fraction of sp³-hybridized carbons (Fsp3) is 0.583. The Morgan fingerprint density at radius 3 is 2.79 bits per heavy atom. The lowest BCUT2D eigenvalue weighted by Crippen LogP contribution is -2.27. The molecule has 1 aromatic rings. The molecular formula is C12H18N2O3S2. The Bertz CT molecular complexity index is 448. The van der Waals surface area contributed by atoms with Gasteiger partial charge in [0.15, 0.2) is 5.13 Å². The van der Waals surface area contributed by atoms with E-state index in [2.05, 4.69) is 4.98 Å². The van der Waals surface area contributed by atoms with Crippen molar-refractivity contribution >= 4 is 40.1 Å². The molecule has 106 valence electrons. The maximum atomic E-state index is 11.4. The molecule has 0 saturated carbocycles. The molecule has 0 spiro atoms. The van der Waals surface area contributed by atoms with Gasteiger partial charge < -0.3 is 5.11 Å². The SMILES string of the molecule is CCN(C(C)=O)c1nc(CSCC(C)C(=O)O)cs1. The Morgan fingerprint density at radius 2 is 2.26 bits per heavy atom. The van der Waals surface area contributed by atoms with Gasteiger partial charge in [-0.3, -0.25) is 14.5 Å². The number of nitrogens with zero attached hydrogens (tertiary/aromatic N) is 2. The van der Waals surface area contributed by atoms with Crippen molar-refractivity contribution in [3.05, 3.63) is 11.1 Å². The van der Waals surface area contributed by atoms with Crippen molar-refractivity contribution in [2.45, 2.75) is 26.5 Å². The first-order valence-corrected chi connectivity index (χ1v) is 8.02. The van der Waals surface area contributed by atoms with Gasteiger partial charge in [-0.15, -0.1) is 11.3 Å². The number of carbonyl (C=O) groups is 2. The summed E-state index contributed by atoms with van der Waals surface area (Å²) in [5.41, 5.74) is 0.891. The number of rotatable bonds is 7. The standard InChI is InChI=1S/C12H18N2O3S2/c1-4-14(9(3)15)12-13-10(7-19-12)6-18-5-8(2)11(16)17/h7-8H,4-6H2,1-3H3,(H,16,17). The minimum Gasteiger partial charge on any atom is -0.481 e. The number of amides is 1. The summed E-state index contributed by atoms with van der Waals surface area (Å²) in [5.74, 6) is 0.0823. The molecule has 0 saturated heterocycles. The summed E-state index contributed by atoms with van der Waals surface area (Å²) in [4.78, 5) is 28.1. The molecule has 1 amide bonds. The van der Waals surface area contributed by atoms with Crippen LogP contribution in [-0.2, 0) is 15.3 Å². The molecule has 1 atom stereocenters. The Balaban J connectivity index is 2.51. The third-order valence-corrected chi connectivity index (χ3v) is 4.65. The summed E-state index contributed by atoms with van der Waals surface area (Å²) >= 11 is 2.98. The number of aromatic nitrogens is 1. The zero-order valence-electron chi connectivity index (χ0n) is 11.3. The topological polar surface area (TPSA) is 70.5 Å². The van der Waals surface area contributed by atoms with Crippen LogP contribution in [0.3, 0.4) is 0 Å². The van der Waals surface area contributed by atoms with Gasteiger partial charge in [0.05, 0.1) is 11.6 Å². The first-order chi connectivity index (χ1) is 8.95. The van der Waals surface area contributed by atoms with Crippen LogP contribution < -0.4 is 4.90 Å². The Kier molecular flexibility index (Phi) is 6.30. The quantitative estimate of drug-likeness (QED) is 0.838. The van der Waals surface area contributed by atoms with E-state index in [0.717, 1.165) is 5.69 Å². The fourth-order valence-electron chi connectivity index (χ4n) is 1.39. The van der Waals surface area contributed by atoms with Crippen LogP contribution in [0.1, 0.15) is 26.5 Å². The number of carboxylic acids is 1. The van der Waals surface area contributed by atoms with Gasteiger partial charge in [0.25, 0.3) is 0 Å². The third-order valence-electron chi connectivity index (χ3n) is 2.51. The minimum absolute atomic E-state index is 0.0180. The number of hydrogen-bond acceptors (Lipinski definition) is 5. The van der Waals surface area contributed by atoms with Gasteiger partial charge in [-0.25, -0.2) is 4.98 Å². The van der Waals surface area contributed by atoms with E-state index in [4.69, 9.17) is 5.11 Å². The molecule has 0 bridgehead atoms. The second kappa shape index (κ2) is 7.49. The molecule has 0 fully saturated rings. The summed E-state index contributed by atoms with van der Waals surface area (Å²) in [5, 5.41) is 11.4. The van der Waals surface area contributed by atoms with E-state index in [0.29, 0.717) is 23.2 Å². The molecule has 0 aliphatic carbocycles. The Labute approximate surface area is 121 Å². The van der Waals surface area contributed by atoms with Gasteiger partial charge in [0.1, 0.15) is 0 Å². The van der Waals surface area contributed by atoms with E-state index < -0.39 is 5.97 Å². The van der Waals surface area contributed by atoms with Gasteiger partial charge in [-0.05, 0) is 6.92 Å². The lowest BCUT2D eigenvalue weighted by molar-refractivity contribution is -0.140. The summed E-state index contributed by atoms with van der Waals surface area (Å²) in [6, 6.07) is 0. The highest BCUT2D eigenvalue weighted by Crippen LogP contribution is 2.24. The van der Waals surface area contributed by atoms with E-state index in [-0.39, 0.29) is 11.8 Å². The highest BCUT2D eigenvalue weighted by Gasteiger charge is 2.14. The number of aliphatic carboxylic acids is 1. The Hall–Kier alpha value is -1.08. The molecule has 7 heteroatoms. The van der Waals surface area contributed by atoms with Crippen molar-refractivity contribution in [1.82, 2.24) is 4.98 Å². The van der Waals surface area contributed by atoms with Crippen LogP contribution in [-0.4, -0.2) is 34.3 Å². The molecule has 0 aliphatic heterocycles. The van der Waals surface area contributed by atoms with Crippen molar-refractivity contribution in [3.8, 4) is 0 Å². The zero-order chi connectivity index (χ0) is 14.4. The average Bonchev–Trinajstić information content (AvgIpc) is 2.77. The first-order valence-electron chi connectivity index (χ1n) is 5.98. The second-order valence-corrected chi connectivity index (χ2v) is 6.01. The molecular weight excluding hydrogens is 284 g/mol. The molecule has 1 aromatic heterocycles. The van der Waals surface area contributed by atoms with Gasteiger partial charge in [0.2, 0.25) is 5.91 Å². The van der Waals surface area contributed by atoms with Crippen LogP contribution in [0, 0.1) is 5.92 Å². The number of anilines is 1. The van der Waals surface area contributed by atoms with Crippen molar-refractivity contribution in [3.63, 3.8) is 0 Å². The largest absolute Gasteiger partial charge is 0.481 e. The van der Waals surface area contributed by atoms with Crippen LogP contribution >= 0.6 is 23.1 Å². The van der Waals surface area contributed by atoms with E-state index in [1.165, 1.54) is 18.3 Å². The lowest BCUT2D eigenvalue weighted by Gasteiger charge is -2.14. The molecule has 1 heterocycles. The molecule has 19 heavy (non-hydrogen) atoms. The number of thiazole rings is 1. The maximum absolute atomic E-state index is 11.4. The maximum Gasteiger partial charge on any atom is 0.307 e. The second-order valence-electron chi connectivity index (χ2n) is 4.14. The van der Waals surface area contributed by atoms with Gasteiger partial charge in [0, 0.05) is 30.4 Å². The molecule has 0 aliphatic rings. The number of hydrogen-bond donors (Lipinski definition) is 1. The zero-order valence-corrected chi connectivity index (χ0v) is 12.9. The summed E-state index contributed by atoms with van der Waals surface area (Å²) in [6.07, 6.45) is 0. The fourth-order valence-corrected chi connectivity index (χ4v) is 3.40. The molecule has 1 unspecified atom stereocenters. The smallest absolute Gasteiger partial charge is 0.307 e. The normalized spacial score (nSPS) is 12.2. The Morgan fingerprint density at radius 1 is 1.58 bits per heavy atom. The highest BCUT2D eigenvalue weighted by molar-refractivity contribution is 7.98. The summed E-state index contributed by atoms with van der Waals surface area (Å²) in [6.45, 7) is 5.72. The lowest BCUT2D eigenvalue weighted by atomic mass is 10.2. The van der Waals surface area contributed by atoms with Gasteiger partial charge in [-0.1, -0.05) is 6.92 Å². The van der Waals surface area contributed by atoms with Crippen LogP contribution in [0.25, 0.3) is 0 Å². The molecule has 0 radical (unpaired) electrons. The van der Waals surface area contributed by atoms with E-state index in [1.54, 1.807) is 23.6 Å². The average molecular weight is 302 g/mol. The van der Waals surface area contributed by atoms with Crippen molar-refractivity contribution < 1.29 is 14.7 Å². The first kappa shape index (κ1) is 16.0. The van der Waals surface area contributed by atoms with Crippen molar-refractivity contribution in [2.24, 2.45) is 5.92 Å². The van der Waals surface area contributed by atoms with E-state index >= 15 is 0 Å². The predicted octanol–water partition coefficient (Wildman–Crippen LogP) is 2.47. The number of thioether (sulfide) groups is 1. The minimum atomic E-state index is -0.778. The number of carbonyl (C=O) groups excluding carboxylic acids is 1. The predicted molar refractivity (Wildman–Crippen MR) is 78.8 cm³/mol. The van der Waals surface area contributed by atoms with Crippen LogP contribution in [0.4, 0.5) is 5.13 Å². The van der Waals surface area contributed by atoms with Crippen molar-refractivity contribution in [1.29, 1.82) is 0 Å². The van der Waals surface area contributed by atoms with Gasteiger partial charge >= 0.3 is 5.97 Å².